The second-order valence-electron chi connectivity index (χ2n) is 4.94. The predicted molar refractivity (Wildman–Crippen MR) is 80.3 cm³/mol. The Morgan fingerprint density at radius 3 is 2.90 bits per heavy atom. The van der Waals surface area contributed by atoms with Crippen molar-refractivity contribution in [3.8, 4) is 0 Å². The van der Waals surface area contributed by atoms with Crippen LogP contribution >= 0.6 is 0 Å². The molecule has 2 N–H and O–H groups in total. The van der Waals surface area contributed by atoms with Crippen molar-refractivity contribution in [1.29, 1.82) is 0 Å². The minimum atomic E-state index is -0.231. The number of aromatic nitrogens is 3. The Bertz CT molecular complexity index is 717. The van der Waals surface area contributed by atoms with Gasteiger partial charge in [0, 0.05) is 23.7 Å². The van der Waals surface area contributed by atoms with Gasteiger partial charge in [-0.25, -0.2) is 0 Å². The number of nitrogens with two attached hydrogens (primary N) is 1. The van der Waals surface area contributed by atoms with E-state index < -0.39 is 0 Å². The van der Waals surface area contributed by atoms with Gasteiger partial charge in [0.1, 0.15) is 0 Å². The van der Waals surface area contributed by atoms with Crippen molar-refractivity contribution >= 4 is 10.9 Å². The number of rotatable bonds is 4. The molecule has 0 radical (unpaired) electrons. The second kappa shape index (κ2) is 5.43. The normalized spacial score (nSPS) is 12.7. The predicted octanol–water partition coefficient (Wildman–Crippen LogP) is 2.89. The molecule has 0 aliphatic rings. The molecule has 4 heteroatoms. The molecule has 0 saturated carbocycles. The molecular weight excluding hydrogens is 248 g/mol. The first kappa shape index (κ1) is 12.8. The highest BCUT2D eigenvalue weighted by molar-refractivity contribution is 5.78. The number of pyridine rings is 1. The summed E-state index contributed by atoms with van der Waals surface area (Å²) in [7, 11) is 0. The Hall–Kier alpha value is -2.20. The van der Waals surface area contributed by atoms with E-state index in [1.807, 2.05) is 41.3 Å². The quantitative estimate of drug-likeness (QED) is 0.790. The van der Waals surface area contributed by atoms with Crippen LogP contribution in [0.15, 0.2) is 48.8 Å². The Morgan fingerprint density at radius 1 is 1.20 bits per heavy atom. The molecule has 0 spiro atoms. The molecule has 4 nitrogen and oxygen atoms in total. The third-order valence-corrected chi connectivity index (χ3v) is 3.40. The summed E-state index contributed by atoms with van der Waals surface area (Å²) in [5.74, 6) is 0. The van der Waals surface area contributed by atoms with Crippen LogP contribution in [0.5, 0.6) is 0 Å². The zero-order valence-corrected chi connectivity index (χ0v) is 11.5. The average molecular weight is 266 g/mol. The summed E-state index contributed by atoms with van der Waals surface area (Å²) < 4.78 is 1.93. The summed E-state index contributed by atoms with van der Waals surface area (Å²) in [6.45, 7) is 3.05. The van der Waals surface area contributed by atoms with Crippen LogP contribution in [0, 0.1) is 0 Å². The van der Waals surface area contributed by atoms with Crippen molar-refractivity contribution in [2.75, 3.05) is 0 Å². The van der Waals surface area contributed by atoms with E-state index >= 15 is 0 Å². The van der Waals surface area contributed by atoms with Crippen molar-refractivity contribution in [1.82, 2.24) is 14.8 Å². The van der Waals surface area contributed by atoms with Gasteiger partial charge in [-0.15, -0.1) is 0 Å². The summed E-state index contributed by atoms with van der Waals surface area (Å²) in [6, 6.07) is 11.9. The molecule has 20 heavy (non-hydrogen) atoms. The smallest absolute Gasteiger partial charge is 0.0757 e. The number of fused-ring (bicyclic) bond motifs is 1. The van der Waals surface area contributed by atoms with Crippen molar-refractivity contribution in [3.05, 3.63) is 60.0 Å². The molecule has 0 saturated heterocycles. The van der Waals surface area contributed by atoms with Gasteiger partial charge < -0.3 is 5.73 Å². The Kier molecular flexibility index (Phi) is 3.48. The monoisotopic (exact) mass is 266 g/mol. The lowest BCUT2D eigenvalue weighted by atomic mass is 10.1. The second-order valence-corrected chi connectivity index (χ2v) is 4.94. The van der Waals surface area contributed by atoms with Gasteiger partial charge in [-0.05, 0) is 18.6 Å². The van der Waals surface area contributed by atoms with Gasteiger partial charge in [-0.2, -0.15) is 5.10 Å². The number of nitrogens with zero attached hydrogens (tertiary/aromatic N) is 3. The number of benzene rings is 1. The van der Waals surface area contributed by atoms with Crippen molar-refractivity contribution < 1.29 is 0 Å². The molecule has 0 bridgehead atoms. The molecule has 2 aromatic heterocycles. The van der Waals surface area contributed by atoms with Crippen LogP contribution in [0.3, 0.4) is 0 Å². The van der Waals surface area contributed by atoms with E-state index in [0.29, 0.717) is 0 Å². The third-order valence-electron chi connectivity index (χ3n) is 3.40. The van der Waals surface area contributed by atoms with Crippen LogP contribution in [0.4, 0.5) is 0 Å². The first-order valence-corrected chi connectivity index (χ1v) is 6.91. The van der Waals surface area contributed by atoms with Crippen LogP contribution in [-0.4, -0.2) is 14.8 Å². The minimum Gasteiger partial charge on any atom is -0.319 e. The van der Waals surface area contributed by atoms with Crippen LogP contribution < -0.4 is 5.73 Å². The van der Waals surface area contributed by atoms with E-state index in [1.54, 1.807) is 0 Å². The van der Waals surface area contributed by atoms with Crippen molar-refractivity contribution in [3.63, 3.8) is 0 Å². The molecule has 3 aromatic rings. The SMILES string of the molecule is CCCn1cc(C(N)c2ccc3ccccc3n2)cn1. The van der Waals surface area contributed by atoms with E-state index in [4.69, 9.17) is 5.73 Å². The molecule has 2 heterocycles. The maximum absolute atomic E-state index is 6.30. The number of hydrogen-bond acceptors (Lipinski definition) is 3. The average Bonchev–Trinajstić information content (AvgIpc) is 2.95. The van der Waals surface area contributed by atoms with Crippen LogP contribution in [0.25, 0.3) is 10.9 Å². The highest BCUT2D eigenvalue weighted by atomic mass is 15.3. The molecule has 0 aliphatic carbocycles. The summed E-state index contributed by atoms with van der Waals surface area (Å²) in [4.78, 5) is 4.64. The van der Waals surface area contributed by atoms with Gasteiger partial charge in [0.05, 0.1) is 23.4 Å². The summed E-state index contributed by atoms with van der Waals surface area (Å²) >= 11 is 0. The Labute approximate surface area is 118 Å². The van der Waals surface area contributed by atoms with E-state index in [2.05, 4.69) is 29.1 Å². The fourth-order valence-corrected chi connectivity index (χ4v) is 2.32. The van der Waals surface area contributed by atoms with Gasteiger partial charge in [0.25, 0.3) is 0 Å². The Balaban J connectivity index is 1.92. The lowest BCUT2D eigenvalue weighted by Gasteiger charge is -2.09. The van der Waals surface area contributed by atoms with Crippen LogP contribution in [-0.2, 0) is 6.54 Å². The summed E-state index contributed by atoms with van der Waals surface area (Å²) in [6.07, 6.45) is 4.90. The zero-order chi connectivity index (χ0) is 13.9. The highest BCUT2D eigenvalue weighted by Crippen LogP contribution is 2.20. The zero-order valence-electron chi connectivity index (χ0n) is 11.5. The van der Waals surface area contributed by atoms with E-state index in [1.165, 1.54) is 0 Å². The third kappa shape index (κ3) is 2.42. The fraction of sp³-hybridized carbons (Fsp3) is 0.250. The molecule has 1 unspecified atom stereocenters. The van der Waals surface area contributed by atoms with Gasteiger partial charge in [-0.3, -0.25) is 9.67 Å². The number of aryl methyl sites for hydroxylation is 1. The lowest BCUT2D eigenvalue weighted by Crippen LogP contribution is -2.13. The molecular formula is C16H18N4. The Morgan fingerprint density at radius 2 is 2.05 bits per heavy atom. The summed E-state index contributed by atoms with van der Waals surface area (Å²) in [5.41, 5.74) is 9.15. The first-order chi connectivity index (χ1) is 9.78. The number of hydrogen-bond donors (Lipinski definition) is 1. The highest BCUT2D eigenvalue weighted by Gasteiger charge is 2.13. The van der Waals surface area contributed by atoms with Gasteiger partial charge in [-0.1, -0.05) is 31.2 Å². The molecule has 1 atom stereocenters. The fourth-order valence-electron chi connectivity index (χ4n) is 2.32. The summed E-state index contributed by atoms with van der Waals surface area (Å²) in [5, 5.41) is 5.45. The maximum Gasteiger partial charge on any atom is 0.0757 e. The van der Waals surface area contributed by atoms with Crippen molar-refractivity contribution in [2.24, 2.45) is 5.73 Å². The minimum absolute atomic E-state index is 0.231. The van der Waals surface area contributed by atoms with E-state index in [9.17, 15) is 0 Å². The molecule has 102 valence electrons. The molecule has 0 amide bonds. The van der Waals surface area contributed by atoms with Gasteiger partial charge >= 0.3 is 0 Å². The lowest BCUT2D eigenvalue weighted by molar-refractivity contribution is 0.601. The topological polar surface area (TPSA) is 56.7 Å². The molecule has 1 aromatic carbocycles. The van der Waals surface area contributed by atoms with Gasteiger partial charge in [0.2, 0.25) is 0 Å². The van der Waals surface area contributed by atoms with Crippen LogP contribution in [0.1, 0.15) is 30.6 Å². The van der Waals surface area contributed by atoms with Gasteiger partial charge in [0.15, 0.2) is 0 Å². The molecule has 0 aliphatic heterocycles. The molecule has 0 fully saturated rings. The molecule has 3 rings (SSSR count). The maximum atomic E-state index is 6.30. The van der Waals surface area contributed by atoms with E-state index in [0.717, 1.165) is 35.1 Å². The van der Waals surface area contributed by atoms with E-state index in [-0.39, 0.29) is 6.04 Å². The standard InChI is InChI=1S/C16H18N4/c1-2-9-20-11-13(10-18-20)16(17)15-8-7-12-5-3-4-6-14(12)19-15/h3-8,10-11,16H,2,9,17H2,1H3. The number of para-hydroxylation sites is 1. The first-order valence-electron chi connectivity index (χ1n) is 6.91. The van der Waals surface area contributed by atoms with Crippen molar-refractivity contribution in [2.45, 2.75) is 25.9 Å². The van der Waals surface area contributed by atoms with Crippen LogP contribution in [0.2, 0.25) is 0 Å². The largest absolute Gasteiger partial charge is 0.319 e.